The van der Waals surface area contributed by atoms with Gasteiger partial charge in [-0.15, -0.1) is 0 Å². The third-order valence-corrected chi connectivity index (χ3v) is 2.93. The number of aryl methyl sites for hydroxylation is 1. The first kappa shape index (κ1) is 13.3. The number of para-hydroxylation sites is 1. The Morgan fingerprint density at radius 3 is 2.63 bits per heavy atom. The number of hydrogen-bond donors (Lipinski definition) is 0. The van der Waals surface area contributed by atoms with E-state index in [0.29, 0.717) is 6.61 Å². The molecule has 5 nitrogen and oxygen atoms in total. The zero-order valence-corrected chi connectivity index (χ0v) is 11.5. The second-order valence-electron chi connectivity index (χ2n) is 4.23. The Balaban J connectivity index is 2.33. The molecule has 2 aromatic rings. The fourth-order valence-corrected chi connectivity index (χ4v) is 2.00. The number of carbonyl (C=O) groups is 1. The maximum atomic E-state index is 11.6. The second-order valence-corrected chi connectivity index (χ2v) is 4.23. The van der Waals surface area contributed by atoms with Crippen molar-refractivity contribution in [2.75, 3.05) is 6.61 Å². The molecule has 0 amide bonds. The van der Waals surface area contributed by atoms with Crippen LogP contribution in [-0.4, -0.2) is 22.4 Å². The van der Waals surface area contributed by atoms with E-state index >= 15 is 0 Å². The minimum atomic E-state index is -0.244. The Kier molecular flexibility index (Phi) is 3.94. The summed E-state index contributed by atoms with van der Waals surface area (Å²) >= 11 is 0. The topological polar surface area (TPSA) is 48.0 Å². The number of esters is 1. The predicted octanol–water partition coefficient (Wildman–Crippen LogP) is 1.34. The quantitative estimate of drug-likeness (QED) is 0.615. The number of carbonyl (C=O) groups excluding carboxylic acids is 1. The fraction of sp³-hybridized carbons (Fsp3) is 0.357. The normalized spacial score (nSPS) is 10.5. The molecule has 1 aromatic carbocycles. The van der Waals surface area contributed by atoms with Crippen molar-refractivity contribution < 1.29 is 14.1 Å². The van der Waals surface area contributed by atoms with Crippen LogP contribution >= 0.6 is 0 Å². The molecule has 5 heteroatoms. The summed E-state index contributed by atoms with van der Waals surface area (Å²) in [7, 11) is 0. The predicted molar refractivity (Wildman–Crippen MR) is 69.9 cm³/mol. The van der Waals surface area contributed by atoms with Crippen molar-refractivity contribution in [1.29, 1.82) is 0 Å². The average molecular weight is 260 g/mol. The van der Waals surface area contributed by atoms with Crippen molar-refractivity contribution in [3.05, 3.63) is 42.0 Å². The average Bonchev–Trinajstić information content (AvgIpc) is 2.68. The van der Waals surface area contributed by atoms with Gasteiger partial charge in [0.1, 0.15) is 5.69 Å². The maximum Gasteiger partial charge on any atom is 0.340 e. The Morgan fingerprint density at radius 1 is 1.32 bits per heavy atom. The lowest BCUT2D eigenvalue weighted by molar-refractivity contribution is -0.698. The van der Waals surface area contributed by atoms with Crippen LogP contribution in [0.2, 0.25) is 0 Å². The standard InChI is InChI=1S/C14H18N3O2/c1-4-19-14(18)10-16-11(2)15-17(12(16)3)13-8-6-5-7-9-13/h5-9H,4,10H2,1-3H3/q+1. The molecule has 0 saturated heterocycles. The Bertz CT molecular complexity index is 576. The Labute approximate surface area is 112 Å². The van der Waals surface area contributed by atoms with Crippen molar-refractivity contribution in [3.63, 3.8) is 0 Å². The summed E-state index contributed by atoms with van der Waals surface area (Å²) in [5.74, 6) is 1.44. The monoisotopic (exact) mass is 260 g/mol. The van der Waals surface area contributed by atoms with E-state index in [1.54, 1.807) is 6.92 Å². The highest BCUT2D eigenvalue weighted by molar-refractivity contribution is 5.67. The maximum absolute atomic E-state index is 11.6. The first-order valence-corrected chi connectivity index (χ1v) is 6.30. The molecular weight excluding hydrogens is 242 g/mol. The van der Waals surface area contributed by atoms with Crippen molar-refractivity contribution in [3.8, 4) is 5.69 Å². The van der Waals surface area contributed by atoms with Crippen LogP contribution in [0.4, 0.5) is 0 Å². The third kappa shape index (κ3) is 2.81. The van der Waals surface area contributed by atoms with E-state index in [9.17, 15) is 4.79 Å². The van der Waals surface area contributed by atoms with Gasteiger partial charge in [0, 0.05) is 18.9 Å². The summed E-state index contributed by atoms with van der Waals surface area (Å²) in [4.78, 5) is 11.6. The molecule has 0 aliphatic heterocycles. The van der Waals surface area contributed by atoms with Gasteiger partial charge in [0.25, 0.3) is 5.82 Å². The van der Waals surface area contributed by atoms with Crippen LogP contribution in [0, 0.1) is 13.8 Å². The SMILES string of the molecule is CCOC(=O)C[n+]1c(C)nn(-c2ccccc2)c1C. The first-order chi connectivity index (χ1) is 9.13. The summed E-state index contributed by atoms with van der Waals surface area (Å²) in [6.07, 6.45) is 0. The van der Waals surface area contributed by atoms with Gasteiger partial charge in [-0.05, 0) is 19.1 Å². The van der Waals surface area contributed by atoms with E-state index in [1.807, 2.05) is 53.4 Å². The van der Waals surface area contributed by atoms with Crippen LogP contribution in [-0.2, 0) is 16.1 Å². The minimum Gasteiger partial charge on any atom is -0.464 e. The largest absolute Gasteiger partial charge is 0.464 e. The second kappa shape index (κ2) is 5.65. The number of benzene rings is 1. The molecular formula is C14H18N3O2+. The molecule has 2 rings (SSSR count). The van der Waals surface area contributed by atoms with Gasteiger partial charge in [-0.2, -0.15) is 0 Å². The highest BCUT2D eigenvalue weighted by atomic mass is 16.5. The molecule has 0 atom stereocenters. The number of hydrogen-bond acceptors (Lipinski definition) is 3. The summed E-state index contributed by atoms with van der Waals surface area (Å²) < 4.78 is 8.65. The van der Waals surface area contributed by atoms with Gasteiger partial charge in [-0.25, -0.2) is 9.36 Å². The molecule has 0 saturated carbocycles. The van der Waals surface area contributed by atoms with Crippen molar-refractivity contribution in [1.82, 2.24) is 9.78 Å². The van der Waals surface area contributed by atoms with E-state index in [1.165, 1.54) is 0 Å². The molecule has 19 heavy (non-hydrogen) atoms. The van der Waals surface area contributed by atoms with Crippen LogP contribution in [0.3, 0.4) is 0 Å². The van der Waals surface area contributed by atoms with Gasteiger partial charge in [0.2, 0.25) is 5.82 Å². The van der Waals surface area contributed by atoms with Crippen LogP contribution in [0.25, 0.3) is 5.69 Å². The van der Waals surface area contributed by atoms with Gasteiger partial charge in [0.15, 0.2) is 6.54 Å². The summed E-state index contributed by atoms with van der Waals surface area (Å²) in [5.41, 5.74) is 0.978. The minimum absolute atomic E-state index is 0.193. The lowest BCUT2D eigenvalue weighted by atomic mass is 10.3. The summed E-state index contributed by atoms with van der Waals surface area (Å²) in [5, 5.41) is 4.47. The van der Waals surface area contributed by atoms with Crippen molar-refractivity contribution in [2.45, 2.75) is 27.3 Å². The van der Waals surface area contributed by atoms with E-state index in [4.69, 9.17) is 4.74 Å². The van der Waals surface area contributed by atoms with E-state index in [-0.39, 0.29) is 12.5 Å². The lowest BCUT2D eigenvalue weighted by Crippen LogP contribution is -2.42. The summed E-state index contributed by atoms with van der Waals surface area (Å²) in [6.45, 7) is 6.20. The van der Waals surface area contributed by atoms with Crippen LogP contribution < -0.4 is 4.57 Å². The van der Waals surface area contributed by atoms with Gasteiger partial charge in [-0.3, -0.25) is 0 Å². The van der Waals surface area contributed by atoms with E-state index < -0.39 is 0 Å². The lowest BCUT2D eigenvalue weighted by Gasteiger charge is -2.01. The molecule has 1 heterocycles. The molecule has 0 aliphatic rings. The Morgan fingerprint density at radius 2 is 2.00 bits per heavy atom. The van der Waals surface area contributed by atoms with Crippen LogP contribution in [0.5, 0.6) is 0 Å². The number of rotatable bonds is 4. The third-order valence-electron chi connectivity index (χ3n) is 2.93. The molecule has 0 unspecified atom stereocenters. The molecule has 100 valence electrons. The van der Waals surface area contributed by atoms with Crippen molar-refractivity contribution >= 4 is 5.97 Å². The first-order valence-electron chi connectivity index (χ1n) is 6.30. The zero-order valence-electron chi connectivity index (χ0n) is 11.5. The van der Waals surface area contributed by atoms with Crippen molar-refractivity contribution in [2.24, 2.45) is 0 Å². The highest BCUT2D eigenvalue weighted by Gasteiger charge is 2.22. The number of nitrogens with zero attached hydrogens (tertiary/aromatic N) is 3. The van der Waals surface area contributed by atoms with E-state index in [2.05, 4.69) is 5.10 Å². The van der Waals surface area contributed by atoms with Gasteiger partial charge < -0.3 is 4.74 Å². The summed E-state index contributed by atoms with van der Waals surface area (Å²) in [6, 6.07) is 9.84. The molecule has 1 aromatic heterocycles. The van der Waals surface area contributed by atoms with Gasteiger partial charge in [0.05, 0.1) is 6.61 Å². The van der Waals surface area contributed by atoms with E-state index in [0.717, 1.165) is 17.3 Å². The fourth-order valence-electron chi connectivity index (χ4n) is 2.00. The van der Waals surface area contributed by atoms with Crippen LogP contribution in [0.1, 0.15) is 18.6 Å². The molecule has 0 radical (unpaired) electrons. The molecule has 0 spiro atoms. The smallest absolute Gasteiger partial charge is 0.340 e. The van der Waals surface area contributed by atoms with Gasteiger partial charge in [-0.1, -0.05) is 22.9 Å². The number of aromatic nitrogens is 3. The highest BCUT2D eigenvalue weighted by Crippen LogP contribution is 2.07. The van der Waals surface area contributed by atoms with Gasteiger partial charge >= 0.3 is 5.97 Å². The molecule has 0 bridgehead atoms. The Hall–Kier alpha value is -2.17. The molecule has 0 fully saturated rings. The van der Waals surface area contributed by atoms with Crippen LogP contribution in [0.15, 0.2) is 30.3 Å². The molecule has 0 aliphatic carbocycles. The zero-order chi connectivity index (χ0) is 13.8. The number of ether oxygens (including phenoxy) is 1. The molecule has 0 N–H and O–H groups in total.